The molecule has 2 rings (SSSR count). The highest BCUT2D eigenvalue weighted by Gasteiger charge is 2.32. The summed E-state index contributed by atoms with van der Waals surface area (Å²) in [5, 5.41) is 4.37. The van der Waals surface area contributed by atoms with Crippen molar-refractivity contribution in [3.8, 4) is 0 Å². The van der Waals surface area contributed by atoms with E-state index in [1.807, 2.05) is 11.7 Å². The summed E-state index contributed by atoms with van der Waals surface area (Å²) >= 11 is 0. The molecule has 1 aromatic heterocycles. The summed E-state index contributed by atoms with van der Waals surface area (Å²) in [5.74, 6) is 0. The van der Waals surface area contributed by atoms with Gasteiger partial charge < -0.3 is 5.73 Å². The van der Waals surface area contributed by atoms with Gasteiger partial charge in [-0.1, -0.05) is 6.92 Å². The van der Waals surface area contributed by atoms with Crippen molar-refractivity contribution in [2.75, 3.05) is 19.6 Å². The average Bonchev–Trinajstić information content (AvgIpc) is 2.73. The second kappa shape index (κ2) is 4.18. The molecule has 0 bridgehead atoms. The molecule has 0 aliphatic carbocycles. The molecule has 1 unspecified atom stereocenters. The Kier molecular flexibility index (Phi) is 3.04. The number of aromatic nitrogens is 2. The molecule has 1 aromatic rings. The minimum atomic E-state index is 0.316. The van der Waals surface area contributed by atoms with Gasteiger partial charge in [0.1, 0.15) is 0 Å². The van der Waals surface area contributed by atoms with Crippen LogP contribution in [0.3, 0.4) is 0 Å². The van der Waals surface area contributed by atoms with E-state index >= 15 is 0 Å². The van der Waals surface area contributed by atoms with Crippen LogP contribution in [0.15, 0.2) is 6.20 Å². The number of rotatable bonds is 3. The monoisotopic (exact) mass is 222 g/mol. The zero-order valence-electron chi connectivity index (χ0n) is 10.5. The zero-order valence-corrected chi connectivity index (χ0v) is 10.5. The van der Waals surface area contributed by atoms with E-state index in [0.29, 0.717) is 5.41 Å². The number of nitrogens with two attached hydrogens (primary N) is 1. The second-order valence-corrected chi connectivity index (χ2v) is 5.39. The lowest BCUT2D eigenvalue weighted by molar-refractivity contribution is 0.274. The predicted molar refractivity (Wildman–Crippen MR) is 65.0 cm³/mol. The molecule has 1 aliphatic heterocycles. The molecule has 1 saturated heterocycles. The van der Waals surface area contributed by atoms with E-state index in [9.17, 15) is 0 Å². The van der Waals surface area contributed by atoms with E-state index in [1.165, 1.54) is 12.0 Å². The van der Waals surface area contributed by atoms with E-state index in [2.05, 4.69) is 30.0 Å². The molecule has 0 radical (unpaired) electrons. The number of hydrogen-bond donors (Lipinski definition) is 1. The van der Waals surface area contributed by atoms with Crippen LogP contribution in [-0.2, 0) is 13.6 Å². The lowest BCUT2D eigenvalue weighted by Crippen LogP contribution is -2.31. The van der Waals surface area contributed by atoms with Crippen LogP contribution in [0.4, 0.5) is 0 Å². The quantitative estimate of drug-likeness (QED) is 0.826. The average molecular weight is 222 g/mol. The summed E-state index contributed by atoms with van der Waals surface area (Å²) in [6, 6.07) is 0. The number of nitrogens with zero attached hydrogens (tertiary/aromatic N) is 3. The van der Waals surface area contributed by atoms with Gasteiger partial charge in [-0.2, -0.15) is 5.10 Å². The summed E-state index contributed by atoms with van der Waals surface area (Å²) in [5.41, 5.74) is 8.61. The van der Waals surface area contributed by atoms with Gasteiger partial charge in [-0.05, 0) is 31.8 Å². The highest BCUT2D eigenvalue weighted by molar-refractivity contribution is 5.15. The van der Waals surface area contributed by atoms with Crippen molar-refractivity contribution in [1.29, 1.82) is 0 Å². The molecule has 1 fully saturated rings. The van der Waals surface area contributed by atoms with Crippen molar-refractivity contribution in [3.05, 3.63) is 17.5 Å². The van der Waals surface area contributed by atoms with Crippen LogP contribution < -0.4 is 5.73 Å². The number of hydrogen-bond acceptors (Lipinski definition) is 3. The molecule has 1 aliphatic rings. The second-order valence-electron chi connectivity index (χ2n) is 5.39. The fraction of sp³-hybridized carbons (Fsp3) is 0.750. The van der Waals surface area contributed by atoms with Crippen molar-refractivity contribution in [3.63, 3.8) is 0 Å². The molecule has 4 nitrogen and oxygen atoms in total. The first kappa shape index (κ1) is 11.6. The van der Waals surface area contributed by atoms with Crippen molar-refractivity contribution in [1.82, 2.24) is 14.7 Å². The van der Waals surface area contributed by atoms with Gasteiger partial charge in [-0.25, -0.2) is 0 Å². The van der Waals surface area contributed by atoms with Crippen molar-refractivity contribution < 1.29 is 0 Å². The Morgan fingerprint density at radius 2 is 2.31 bits per heavy atom. The minimum absolute atomic E-state index is 0.316. The van der Waals surface area contributed by atoms with Gasteiger partial charge >= 0.3 is 0 Å². The van der Waals surface area contributed by atoms with Crippen LogP contribution in [-0.4, -0.2) is 34.3 Å². The van der Waals surface area contributed by atoms with Gasteiger partial charge in [0.2, 0.25) is 0 Å². The molecule has 16 heavy (non-hydrogen) atoms. The maximum absolute atomic E-state index is 5.81. The van der Waals surface area contributed by atoms with Gasteiger partial charge in [-0.3, -0.25) is 9.58 Å². The Balaban J connectivity index is 1.99. The molecular weight excluding hydrogens is 200 g/mol. The lowest BCUT2D eigenvalue weighted by Gasteiger charge is -2.22. The topological polar surface area (TPSA) is 47.1 Å². The predicted octanol–water partition coefficient (Wildman–Crippen LogP) is 0.899. The van der Waals surface area contributed by atoms with Crippen LogP contribution in [0.1, 0.15) is 24.6 Å². The highest BCUT2D eigenvalue weighted by Crippen LogP contribution is 2.29. The first-order valence-corrected chi connectivity index (χ1v) is 5.94. The molecule has 2 heterocycles. The van der Waals surface area contributed by atoms with Gasteiger partial charge in [0.05, 0.1) is 5.69 Å². The highest BCUT2D eigenvalue weighted by atomic mass is 15.3. The first-order valence-electron chi connectivity index (χ1n) is 5.94. The molecule has 0 amide bonds. The van der Waals surface area contributed by atoms with E-state index in [-0.39, 0.29) is 0 Å². The first-order chi connectivity index (χ1) is 7.52. The zero-order chi connectivity index (χ0) is 11.8. The Bertz CT molecular complexity index is 371. The van der Waals surface area contributed by atoms with Gasteiger partial charge in [-0.15, -0.1) is 0 Å². The molecular formula is C12H22N4. The van der Waals surface area contributed by atoms with Crippen molar-refractivity contribution >= 4 is 0 Å². The van der Waals surface area contributed by atoms with Crippen LogP contribution >= 0.6 is 0 Å². The third kappa shape index (κ3) is 2.28. The van der Waals surface area contributed by atoms with E-state index in [4.69, 9.17) is 5.73 Å². The largest absolute Gasteiger partial charge is 0.330 e. The summed E-state index contributed by atoms with van der Waals surface area (Å²) in [4.78, 5) is 2.48. The third-order valence-electron chi connectivity index (χ3n) is 3.64. The molecule has 90 valence electrons. The van der Waals surface area contributed by atoms with Crippen LogP contribution in [0.2, 0.25) is 0 Å². The molecule has 4 heteroatoms. The van der Waals surface area contributed by atoms with Crippen LogP contribution in [0.5, 0.6) is 0 Å². The summed E-state index contributed by atoms with van der Waals surface area (Å²) in [6.07, 6.45) is 3.33. The molecule has 1 atom stereocenters. The molecule has 0 spiro atoms. The fourth-order valence-corrected chi connectivity index (χ4v) is 2.47. The normalized spacial score (nSPS) is 26.5. The number of aryl methyl sites for hydroxylation is 2. The van der Waals surface area contributed by atoms with Crippen molar-refractivity contribution in [2.45, 2.75) is 26.8 Å². The number of likely N-dealkylation sites (tertiary alicyclic amines) is 1. The SMILES string of the molecule is Cc1nn(C)cc1CN1CCC(C)(CN)C1. The van der Waals surface area contributed by atoms with Crippen LogP contribution in [0.25, 0.3) is 0 Å². The molecule has 0 saturated carbocycles. The third-order valence-corrected chi connectivity index (χ3v) is 3.64. The van der Waals surface area contributed by atoms with E-state index in [1.54, 1.807) is 0 Å². The van der Waals surface area contributed by atoms with Gasteiger partial charge in [0, 0.05) is 31.9 Å². The summed E-state index contributed by atoms with van der Waals surface area (Å²) in [6.45, 7) is 8.42. The standard InChI is InChI=1S/C12H22N4/c1-10-11(6-15(3)14-10)7-16-5-4-12(2,8-13)9-16/h6H,4-5,7-9,13H2,1-3H3. The van der Waals surface area contributed by atoms with Gasteiger partial charge in [0.15, 0.2) is 0 Å². The maximum atomic E-state index is 5.81. The van der Waals surface area contributed by atoms with Crippen LogP contribution in [0, 0.1) is 12.3 Å². The van der Waals surface area contributed by atoms with E-state index in [0.717, 1.165) is 31.9 Å². The summed E-state index contributed by atoms with van der Waals surface area (Å²) in [7, 11) is 1.98. The Labute approximate surface area is 97.4 Å². The Morgan fingerprint density at radius 1 is 1.56 bits per heavy atom. The lowest BCUT2D eigenvalue weighted by atomic mass is 9.90. The Hall–Kier alpha value is -0.870. The summed E-state index contributed by atoms with van der Waals surface area (Å²) < 4.78 is 1.89. The minimum Gasteiger partial charge on any atom is -0.330 e. The van der Waals surface area contributed by atoms with Gasteiger partial charge in [0.25, 0.3) is 0 Å². The Morgan fingerprint density at radius 3 is 2.81 bits per heavy atom. The smallest absolute Gasteiger partial charge is 0.0638 e. The maximum Gasteiger partial charge on any atom is 0.0638 e. The molecule has 0 aromatic carbocycles. The molecule has 2 N–H and O–H groups in total. The van der Waals surface area contributed by atoms with E-state index < -0.39 is 0 Å². The van der Waals surface area contributed by atoms with Crippen molar-refractivity contribution in [2.24, 2.45) is 18.2 Å². The fourth-order valence-electron chi connectivity index (χ4n) is 2.47.